The Balaban J connectivity index is 2.22. The zero-order chi connectivity index (χ0) is 22.0. The van der Waals surface area contributed by atoms with Crippen LogP contribution in [0.2, 0.25) is 0 Å². The first-order valence-corrected chi connectivity index (χ1v) is 8.66. The van der Waals surface area contributed by atoms with Crippen LogP contribution >= 0.6 is 0 Å². The van der Waals surface area contributed by atoms with E-state index in [1.54, 1.807) is 0 Å². The van der Waals surface area contributed by atoms with Crippen LogP contribution in [0.15, 0.2) is 18.2 Å². The third-order valence-corrected chi connectivity index (χ3v) is 4.63. The Labute approximate surface area is 161 Å². The molecular weight excluding hydrogens is 406 g/mol. The van der Waals surface area contributed by atoms with Crippen LogP contribution in [-0.2, 0) is 33.2 Å². The van der Waals surface area contributed by atoms with Crippen LogP contribution in [0.25, 0.3) is 0 Å². The molecule has 1 aromatic carbocycles. The van der Waals surface area contributed by atoms with Crippen molar-refractivity contribution in [1.29, 1.82) is 0 Å². The number of nitrogens with two attached hydrogens (primary N) is 1. The third kappa shape index (κ3) is 6.20. The smallest absolute Gasteiger partial charge is 0.368 e. The molecule has 1 saturated carbocycles. The zero-order valence-electron chi connectivity index (χ0n) is 15.0. The Morgan fingerprint density at radius 1 is 1.07 bits per heavy atom. The summed E-state index contributed by atoms with van der Waals surface area (Å²) in [5.74, 6) is -2.59. The van der Waals surface area contributed by atoms with Gasteiger partial charge in [-0.2, -0.15) is 26.3 Å². The minimum absolute atomic E-state index is 0.00959. The minimum Gasteiger partial charge on any atom is -0.368 e. The van der Waals surface area contributed by atoms with Gasteiger partial charge in [0.25, 0.3) is 0 Å². The molecule has 11 heteroatoms. The fraction of sp³-hybridized carbons (Fsp3) is 0.500. The van der Waals surface area contributed by atoms with Crippen molar-refractivity contribution in [2.24, 2.45) is 11.7 Å². The molecule has 0 aliphatic heterocycles. The maximum atomic E-state index is 12.9. The molecule has 0 saturated heterocycles. The fourth-order valence-electron chi connectivity index (χ4n) is 3.30. The van der Waals surface area contributed by atoms with Gasteiger partial charge >= 0.3 is 12.4 Å². The molecule has 29 heavy (non-hydrogen) atoms. The van der Waals surface area contributed by atoms with Crippen LogP contribution in [0, 0.1) is 5.92 Å². The Morgan fingerprint density at radius 3 is 2.07 bits per heavy atom. The van der Waals surface area contributed by atoms with Crippen molar-refractivity contribution in [3.63, 3.8) is 0 Å². The number of nitrogens with one attached hydrogen (secondary N) is 1. The van der Waals surface area contributed by atoms with E-state index in [0.717, 1.165) is 0 Å². The van der Waals surface area contributed by atoms with Crippen molar-refractivity contribution in [3.05, 3.63) is 34.9 Å². The number of rotatable bonds is 5. The Bertz CT molecular complexity index is 772. The Kier molecular flexibility index (Phi) is 6.59. The van der Waals surface area contributed by atoms with Gasteiger partial charge < -0.3 is 11.1 Å². The SMILES string of the molecule is NC(=O)[C@@H](NC(=O)Cc1cc(C(F)(F)F)cc(C(F)(F)F)c1)[C@@H]1CCCC(=O)C1. The summed E-state index contributed by atoms with van der Waals surface area (Å²) in [4.78, 5) is 35.4. The highest BCUT2D eigenvalue weighted by molar-refractivity contribution is 5.89. The van der Waals surface area contributed by atoms with E-state index in [-0.39, 0.29) is 18.3 Å². The summed E-state index contributed by atoms with van der Waals surface area (Å²) in [6, 6.07) is -0.391. The van der Waals surface area contributed by atoms with E-state index in [1.165, 1.54) is 0 Å². The van der Waals surface area contributed by atoms with Crippen molar-refractivity contribution in [2.45, 2.75) is 50.5 Å². The lowest BCUT2D eigenvalue weighted by atomic mass is 9.82. The number of carbonyl (C=O) groups excluding carboxylic acids is 3. The fourth-order valence-corrected chi connectivity index (χ4v) is 3.30. The van der Waals surface area contributed by atoms with Gasteiger partial charge in [-0.05, 0) is 42.5 Å². The Hall–Kier alpha value is -2.59. The first-order valence-electron chi connectivity index (χ1n) is 8.66. The van der Waals surface area contributed by atoms with E-state index in [0.29, 0.717) is 31.4 Å². The predicted octanol–water partition coefficient (Wildman–Crippen LogP) is 3.00. The molecular formula is C18H18F6N2O3. The lowest BCUT2D eigenvalue weighted by molar-refractivity contribution is -0.143. The molecule has 1 aliphatic carbocycles. The number of carbonyl (C=O) groups is 3. The number of halogens is 6. The van der Waals surface area contributed by atoms with Gasteiger partial charge in [-0.1, -0.05) is 0 Å². The predicted molar refractivity (Wildman–Crippen MR) is 88.2 cm³/mol. The second-order valence-electron chi connectivity index (χ2n) is 6.93. The zero-order valence-corrected chi connectivity index (χ0v) is 15.0. The average Bonchev–Trinajstić information content (AvgIpc) is 2.57. The van der Waals surface area contributed by atoms with Crippen molar-refractivity contribution in [1.82, 2.24) is 5.32 Å². The van der Waals surface area contributed by atoms with Crippen LogP contribution in [0.5, 0.6) is 0 Å². The molecule has 0 aromatic heterocycles. The first kappa shape index (κ1) is 22.7. The Morgan fingerprint density at radius 2 is 1.62 bits per heavy atom. The van der Waals surface area contributed by atoms with Gasteiger partial charge in [-0.3, -0.25) is 14.4 Å². The monoisotopic (exact) mass is 424 g/mol. The maximum Gasteiger partial charge on any atom is 0.416 e. The molecule has 3 N–H and O–H groups in total. The van der Waals surface area contributed by atoms with Gasteiger partial charge in [0.15, 0.2) is 0 Å². The molecule has 1 aliphatic rings. The number of alkyl halides is 6. The van der Waals surface area contributed by atoms with Gasteiger partial charge in [-0.25, -0.2) is 0 Å². The number of Topliss-reactive ketones (excluding diaryl/α,β-unsaturated/α-hetero) is 1. The molecule has 0 bridgehead atoms. The quantitative estimate of drug-likeness (QED) is 0.713. The van der Waals surface area contributed by atoms with Crippen molar-refractivity contribution in [2.75, 3.05) is 0 Å². The number of ketones is 1. The number of benzene rings is 1. The van der Waals surface area contributed by atoms with E-state index >= 15 is 0 Å². The van der Waals surface area contributed by atoms with Crippen LogP contribution in [0.3, 0.4) is 0 Å². The van der Waals surface area contributed by atoms with E-state index in [1.807, 2.05) is 0 Å². The largest absolute Gasteiger partial charge is 0.416 e. The van der Waals surface area contributed by atoms with E-state index in [4.69, 9.17) is 5.73 Å². The number of amides is 2. The van der Waals surface area contributed by atoms with Crippen LogP contribution < -0.4 is 11.1 Å². The molecule has 2 rings (SSSR count). The summed E-state index contributed by atoms with van der Waals surface area (Å²) in [7, 11) is 0. The van der Waals surface area contributed by atoms with Gasteiger partial charge in [0.05, 0.1) is 17.5 Å². The summed E-state index contributed by atoms with van der Waals surface area (Å²) in [6.45, 7) is 0. The molecule has 5 nitrogen and oxygen atoms in total. The molecule has 2 amide bonds. The highest BCUT2D eigenvalue weighted by Crippen LogP contribution is 2.36. The van der Waals surface area contributed by atoms with E-state index < -0.39 is 59.2 Å². The summed E-state index contributed by atoms with van der Waals surface area (Å²) in [5, 5.41) is 2.24. The van der Waals surface area contributed by atoms with Crippen LogP contribution in [-0.4, -0.2) is 23.6 Å². The minimum atomic E-state index is -5.04. The summed E-state index contributed by atoms with van der Waals surface area (Å²) < 4.78 is 77.4. The molecule has 0 spiro atoms. The van der Waals surface area contributed by atoms with Crippen molar-refractivity contribution < 1.29 is 40.7 Å². The van der Waals surface area contributed by atoms with Crippen LogP contribution in [0.4, 0.5) is 26.3 Å². The molecule has 1 aromatic rings. The van der Waals surface area contributed by atoms with Crippen molar-refractivity contribution >= 4 is 17.6 Å². The average molecular weight is 424 g/mol. The van der Waals surface area contributed by atoms with E-state index in [9.17, 15) is 40.7 Å². The summed E-state index contributed by atoms with van der Waals surface area (Å²) >= 11 is 0. The third-order valence-electron chi connectivity index (χ3n) is 4.63. The second-order valence-corrected chi connectivity index (χ2v) is 6.93. The normalized spacial score (nSPS) is 19.0. The lowest BCUT2D eigenvalue weighted by Gasteiger charge is -2.28. The maximum absolute atomic E-state index is 12.9. The lowest BCUT2D eigenvalue weighted by Crippen LogP contribution is -2.50. The molecule has 1 fully saturated rings. The number of hydrogen-bond acceptors (Lipinski definition) is 3. The molecule has 0 heterocycles. The molecule has 0 radical (unpaired) electrons. The molecule has 0 unspecified atom stereocenters. The topological polar surface area (TPSA) is 89.3 Å². The molecule has 160 valence electrons. The number of primary amides is 1. The standard InChI is InChI=1S/C18H18F6N2O3/c19-17(20,21)11-4-9(5-12(8-11)18(22,23)24)6-14(28)26-15(16(25)29)10-2-1-3-13(27)7-10/h4-5,8,10,15H,1-3,6-7H2,(H2,25,29)(H,26,28)/t10-,15+/m1/s1. The van der Waals surface area contributed by atoms with Gasteiger partial charge in [0, 0.05) is 12.8 Å². The first-order chi connectivity index (χ1) is 13.3. The molecule has 2 atom stereocenters. The van der Waals surface area contributed by atoms with Gasteiger partial charge in [0.1, 0.15) is 11.8 Å². The van der Waals surface area contributed by atoms with E-state index in [2.05, 4.69) is 5.32 Å². The van der Waals surface area contributed by atoms with Gasteiger partial charge in [0.2, 0.25) is 11.8 Å². The van der Waals surface area contributed by atoms with Gasteiger partial charge in [-0.15, -0.1) is 0 Å². The second kappa shape index (κ2) is 8.42. The van der Waals surface area contributed by atoms with Crippen LogP contribution in [0.1, 0.15) is 42.4 Å². The summed E-state index contributed by atoms with van der Waals surface area (Å²) in [6.07, 6.45) is -9.63. The summed E-state index contributed by atoms with van der Waals surface area (Å²) in [5.41, 5.74) is 1.65. The highest BCUT2D eigenvalue weighted by Gasteiger charge is 2.37. The highest BCUT2D eigenvalue weighted by atomic mass is 19.4. The number of hydrogen-bond donors (Lipinski definition) is 2. The van der Waals surface area contributed by atoms with Crippen molar-refractivity contribution in [3.8, 4) is 0 Å².